The monoisotopic (exact) mass is 384 g/mol. The van der Waals surface area contributed by atoms with E-state index in [1.165, 1.54) is 24.8 Å². The number of carbonyl (C=O) groups excluding carboxylic acids is 2. The normalized spacial score (nSPS) is 17.4. The molecule has 5 nitrogen and oxygen atoms in total. The first-order valence-corrected chi connectivity index (χ1v) is 9.48. The van der Waals surface area contributed by atoms with Gasteiger partial charge >= 0.3 is 0 Å². The molecule has 1 heterocycles. The number of halogens is 1. The maximum absolute atomic E-state index is 13.6. The van der Waals surface area contributed by atoms with Gasteiger partial charge in [0.25, 0.3) is 11.7 Å². The molecule has 1 aliphatic rings. The lowest BCUT2D eigenvalue weighted by atomic mass is 10.0. The second-order valence-corrected chi connectivity index (χ2v) is 6.94. The van der Waals surface area contributed by atoms with Crippen molar-refractivity contribution in [3.8, 4) is 5.75 Å². The average molecular weight is 384 g/mol. The van der Waals surface area contributed by atoms with Crippen LogP contribution in [-0.4, -0.2) is 54.3 Å². The number of ether oxygens (including phenoxy) is 1. The van der Waals surface area contributed by atoms with Gasteiger partial charge in [-0.05, 0) is 30.2 Å². The zero-order chi connectivity index (χ0) is 20.1. The van der Waals surface area contributed by atoms with Crippen LogP contribution >= 0.6 is 0 Å². The maximum Gasteiger partial charge on any atom is 0.295 e. The highest BCUT2D eigenvalue weighted by Gasteiger charge is 2.32. The van der Waals surface area contributed by atoms with Crippen LogP contribution in [0.4, 0.5) is 4.39 Å². The molecule has 0 bridgehead atoms. The number of amides is 1. The Balaban J connectivity index is 1.70. The Morgan fingerprint density at radius 3 is 2.57 bits per heavy atom. The zero-order valence-corrected chi connectivity index (χ0v) is 16.2. The molecular formula is C22H25FN2O3. The van der Waals surface area contributed by atoms with Crippen LogP contribution in [0.1, 0.15) is 29.3 Å². The molecule has 0 spiro atoms. The fourth-order valence-corrected chi connectivity index (χ4v) is 3.61. The van der Waals surface area contributed by atoms with Gasteiger partial charge in [-0.3, -0.25) is 14.5 Å². The molecule has 1 fully saturated rings. The minimum atomic E-state index is -0.734. The van der Waals surface area contributed by atoms with Crippen molar-refractivity contribution < 1.29 is 18.7 Å². The number of carbonyl (C=O) groups is 2. The second kappa shape index (κ2) is 8.97. The van der Waals surface area contributed by atoms with Crippen LogP contribution < -0.4 is 4.74 Å². The van der Waals surface area contributed by atoms with Crippen LogP contribution in [0.3, 0.4) is 0 Å². The van der Waals surface area contributed by atoms with E-state index in [0.29, 0.717) is 19.6 Å². The summed E-state index contributed by atoms with van der Waals surface area (Å²) in [6, 6.07) is 14.0. The molecular weight excluding hydrogens is 359 g/mol. The lowest BCUT2D eigenvalue weighted by Crippen LogP contribution is -2.55. The molecule has 0 saturated carbocycles. The Kier molecular flexibility index (Phi) is 6.41. The fourth-order valence-electron chi connectivity index (χ4n) is 3.61. The molecule has 0 unspecified atom stereocenters. The molecule has 1 saturated heterocycles. The summed E-state index contributed by atoms with van der Waals surface area (Å²) in [6.45, 7) is 4.52. The number of ketones is 1. The van der Waals surface area contributed by atoms with Gasteiger partial charge in [-0.15, -0.1) is 0 Å². The van der Waals surface area contributed by atoms with Crippen molar-refractivity contribution in [2.24, 2.45) is 0 Å². The van der Waals surface area contributed by atoms with Crippen molar-refractivity contribution in [3.63, 3.8) is 0 Å². The molecule has 0 aromatic heterocycles. The standard InChI is InChI=1S/C22H25FN2O3/c1-3-18-15-25(12-11-24(18)14-16-7-5-4-6-8-16)22(27)21(26)19-13-17(23)9-10-20(19)28-2/h4-10,13,18H,3,11-12,14-15H2,1-2H3/t18-/m1/s1. The molecule has 1 amide bonds. The molecule has 2 aromatic carbocycles. The van der Waals surface area contributed by atoms with E-state index < -0.39 is 17.5 Å². The minimum absolute atomic E-state index is 0.0349. The number of methoxy groups -OCH3 is 1. The van der Waals surface area contributed by atoms with Gasteiger partial charge in [0.15, 0.2) is 0 Å². The Morgan fingerprint density at radius 2 is 1.89 bits per heavy atom. The van der Waals surface area contributed by atoms with Crippen LogP contribution in [0.25, 0.3) is 0 Å². The highest BCUT2D eigenvalue weighted by atomic mass is 19.1. The highest BCUT2D eigenvalue weighted by molar-refractivity contribution is 6.43. The van der Waals surface area contributed by atoms with Gasteiger partial charge in [-0.25, -0.2) is 4.39 Å². The Morgan fingerprint density at radius 1 is 1.14 bits per heavy atom. The summed E-state index contributed by atoms with van der Waals surface area (Å²) in [7, 11) is 1.39. The van der Waals surface area contributed by atoms with Gasteiger partial charge in [0, 0.05) is 32.2 Å². The van der Waals surface area contributed by atoms with E-state index in [2.05, 4.69) is 24.0 Å². The smallest absolute Gasteiger partial charge is 0.295 e. The van der Waals surface area contributed by atoms with Crippen molar-refractivity contribution in [2.75, 3.05) is 26.7 Å². The zero-order valence-electron chi connectivity index (χ0n) is 16.2. The third kappa shape index (κ3) is 4.39. The van der Waals surface area contributed by atoms with E-state index in [0.717, 1.165) is 19.0 Å². The summed E-state index contributed by atoms with van der Waals surface area (Å²) < 4.78 is 18.7. The first-order chi connectivity index (χ1) is 13.5. The Hall–Kier alpha value is -2.73. The van der Waals surface area contributed by atoms with Crippen molar-refractivity contribution in [1.29, 1.82) is 0 Å². The molecule has 0 radical (unpaired) electrons. The van der Waals surface area contributed by atoms with Gasteiger partial charge in [-0.2, -0.15) is 0 Å². The van der Waals surface area contributed by atoms with Gasteiger partial charge < -0.3 is 9.64 Å². The quantitative estimate of drug-likeness (QED) is 0.567. The fraction of sp³-hybridized carbons (Fsp3) is 0.364. The summed E-state index contributed by atoms with van der Waals surface area (Å²) in [5.41, 5.74) is 1.19. The van der Waals surface area contributed by atoms with Gasteiger partial charge in [0.2, 0.25) is 0 Å². The van der Waals surface area contributed by atoms with E-state index >= 15 is 0 Å². The molecule has 2 aromatic rings. The van der Waals surface area contributed by atoms with Crippen molar-refractivity contribution in [2.45, 2.75) is 25.9 Å². The van der Waals surface area contributed by atoms with Crippen LogP contribution in [0.15, 0.2) is 48.5 Å². The maximum atomic E-state index is 13.6. The van der Waals surface area contributed by atoms with E-state index in [-0.39, 0.29) is 17.4 Å². The van der Waals surface area contributed by atoms with E-state index in [4.69, 9.17) is 4.74 Å². The largest absolute Gasteiger partial charge is 0.496 e. The lowest BCUT2D eigenvalue weighted by Gasteiger charge is -2.41. The number of hydrogen-bond donors (Lipinski definition) is 0. The van der Waals surface area contributed by atoms with Crippen molar-refractivity contribution in [3.05, 3.63) is 65.5 Å². The summed E-state index contributed by atoms with van der Waals surface area (Å²) in [5, 5.41) is 0. The topological polar surface area (TPSA) is 49.9 Å². The average Bonchev–Trinajstić information content (AvgIpc) is 2.73. The third-order valence-corrected chi connectivity index (χ3v) is 5.19. The number of hydrogen-bond acceptors (Lipinski definition) is 4. The van der Waals surface area contributed by atoms with Crippen LogP contribution in [0.2, 0.25) is 0 Å². The van der Waals surface area contributed by atoms with Crippen molar-refractivity contribution >= 4 is 11.7 Å². The van der Waals surface area contributed by atoms with Crippen LogP contribution in [-0.2, 0) is 11.3 Å². The summed E-state index contributed by atoms with van der Waals surface area (Å²) in [4.78, 5) is 29.4. The predicted molar refractivity (Wildman–Crippen MR) is 105 cm³/mol. The van der Waals surface area contributed by atoms with Gasteiger partial charge in [0.05, 0.1) is 12.7 Å². The summed E-state index contributed by atoms with van der Waals surface area (Å²) in [5.74, 6) is -1.71. The van der Waals surface area contributed by atoms with Crippen molar-refractivity contribution in [1.82, 2.24) is 9.80 Å². The molecule has 148 valence electrons. The molecule has 1 aliphatic heterocycles. The number of benzene rings is 2. The second-order valence-electron chi connectivity index (χ2n) is 6.94. The number of piperazine rings is 1. The minimum Gasteiger partial charge on any atom is -0.496 e. The van der Waals surface area contributed by atoms with Crippen LogP contribution in [0.5, 0.6) is 5.75 Å². The van der Waals surface area contributed by atoms with E-state index in [9.17, 15) is 14.0 Å². The molecule has 3 rings (SSSR count). The van der Waals surface area contributed by atoms with E-state index in [1.807, 2.05) is 18.2 Å². The Bertz CT molecular complexity index is 841. The molecule has 6 heteroatoms. The van der Waals surface area contributed by atoms with Gasteiger partial charge in [-0.1, -0.05) is 37.3 Å². The number of nitrogens with zero attached hydrogens (tertiary/aromatic N) is 2. The van der Waals surface area contributed by atoms with Gasteiger partial charge in [0.1, 0.15) is 11.6 Å². The van der Waals surface area contributed by atoms with Crippen LogP contribution in [0, 0.1) is 5.82 Å². The first kappa shape index (κ1) is 20.0. The lowest BCUT2D eigenvalue weighted by molar-refractivity contribution is -0.129. The Labute approximate surface area is 164 Å². The number of Topliss-reactive ketones (excluding diaryl/α,β-unsaturated/α-hetero) is 1. The third-order valence-electron chi connectivity index (χ3n) is 5.19. The number of rotatable bonds is 6. The molecule has 28 heavy (non-hydrogen) atoms. The first-order valence-electron chi connectivity index (χ1n) is 9.48. The summed E-state index contributed by atoms with van der Waals surface area (Å²) >= 11 is 0. The van der Waals surface area contributed by atoms with E-state index in [1.54, 1.807) is 4.90 Å². The summed E-state index contributed by atoms with van der Waals surface area (Å²) in [6.07, 6.45) is 0.869. The molecule has 0 aliphatic carbocycles. The SMILES string of the molecule is CC[C@@H]1CN(C(=O)C(=O)c2cc(F)ccc2OC)CCN1Cc1ccccc1. The highest BCUT2D eigenvalue weighted by Crippen LogP contribution is 2.22. The molecule has 1 atom stereocenters. The molecule has 0 N–H and O–H groups in total. The predicted octanol–water partition coefficient (Wildman–Crippen LogP) is 3.14.